The van der Waals surface area contributed by atoms with E-state index in [1.54, 1.807) is 6.20 Å². The summed E-state index contributed by atoms with van der Waals surface area (Å²) in [5.41, 5.74) is 2.48. The second kappa shape index (κ2) is 8.07. The molecule has 1 saturated heterocycles. The highest BCUT2D eigenvalue weighted by atomic mass is 16.1. The number of nitrogens with one attached hydrogen (secondary N) is 1. The lowest BCUT2D eigenvalue weighted by Crippen LogP contribution is -2.45. The van der Waals surface area contributed by atoms with E-state index in [-0.39, 0.29) is 5.91 Å². The fourth-order valence-corrected chi connectivity index (χ4v) is 2.90. The van der Waals surface area contributed by atoms with Crippen molar-refractivity contribution < 1.29 is 4.79 Å². The quantitative estimate of drug-likeness (QED) is 0.895. The van der Waals surface area contributed by atoms with Gasteiger partial charge in [-0.25, -0.2) is 9.97 Å². The number of nitrogens with zero attached hydrogens (tertiary/aromatic N) is 4. The molecule has 6 heteroatoms. The molecule has 1 aromatic carbocycles. The smallest absolute Gasteiger partial charge is 0.254 e. The Hall–Kier alpha value is -2.47. The summed E-state index contributed by atoms with van der Waals surface area (Å²) < 4.78 is 0. The Labute approximate surface area is 148 Å². The molecule has 0 saturated carbocycles. The molecule has 1 aromatic heterocycles. The van der Waals surface area contributed by atoms with Crippen molar-refractivity contribution >= 4 is 11.9 Å². The van der Waals surface area contributed by atoms with Gasteiger partial charge in [-0.3, -0.25) is 4.79 Å². The number of aromatic nitrogens is 2. The number of carbonyl (C=O) groups excluding carboxylic acids is 1. The van der Waals surface area contributed by atoms with Crippen molar-refractivity contribution in [3.8, 4) is 0 Å². The van der Waals surface area contributed by atoms with Crippen LogP contribution in [-0.4, -0.2) is 60.5 Å². The maximum atomic E-state index is 12.4. The van der Waals surface area contributed by atoms with E-state index in [0.717, 1.165) is 38.3 Å². The molecule has 0 spiro atoms. The van der Waals surface area contributed by atoms with E-state index in [1.165, 1.54) is 5.56 Å². The minimum atomic E-state index is -0.113. The lowest BCUT2D eigenvalue weighted by molar-refractivity contribution is 0.0952. The van der Waals surface area contributed by atoms with Crippen molar-refractivity contribution in [2.24, 2.45) is 0 Å². The van der Waals surface area contributed by atoms with Crippen molar-refractivity contribution in [3.63, 3.8) is 0 Å². The van der Waals surface area contributed by atoms with Gasteiger partial charge in [0.25, 0.3) is 5.91 Å². The third-order valence-electron chi connectivity index (χ3n) is 4.54. The molecule has 1 N–H and O–H groups in total. The largest absolute Gasteiger partial charge is 0.352 e. The minimum Gasteiger partial charge on any atom is -0.352 e. The Balaban J connectivity index is 1.57. The number of likely N-dealkylation sites (N-methyl/N-ethyl adjacent to an activating group) is 1. The number of rotatable bonds is 5. The van der Waals surface area contributed by atoms with Gasteiger partial charge in [-0.15, -0.1) is 0 Å². The first-order valence-electron chi connectivity index (χ1n) is 8.73. The first kappa shape index (κ1) is 17.4. The topological polar surface area (TPSA) is 61.4 Å². The highest BCUT2D eigenvalue weighted by Crippen LogP contribution is 2.13. The van der Waals surface area contributed by atoms with Gasteiger partial charge in [0.1, 0.15) is 0 Å². The monoisotopic (exact) mass is 339 g/mol. The third kappa shape index (κ3) is 4.54. The van der Waals surface area contributed by atoms with Crippen LogP contribution in [0.3, 0.4) is 0 Å². The fourth-order valence-electron chi connectivity index (χ4n) is 2.90. The highest BCUT2D eigenvalue weighted by molar-refractivity contribution is 5.95. The van der Waals surface area contributed by atoms with Crippen LogP contribution in [-0.2, 0) is 6.42 Å². The van der Waals surface area contributed by atoms with E-state index in [4.69, 9.17) is 0 Å². The lowest BCUT2D eigenvalue weighted by Gasteiger charge is -2.32. The molecule has 1 aliphatic heterocycles. The van der Waals surface area contributed by atoms with Gasteiger partial charge in [0.05, 0.1) is 11.3 Å². The molecular formula is C19H25N5O. The van der Waals surface area contributed by atoms with E-state index >= 15 is 0 Å². The number of carbonyl (C=O) groups is 1. The third-order valence-corrected chi connectivity index (χ3v) is 4.54. The summed E-state index contributed by atoms with van der Waals surface area (Å²) in [6.45, 7) is 6.31. The first-order valence-corrected chi connectivity index (χ1v) is 8.73. The zero-order chi connectivity index (χ0) is 17.6. The summed E-state index contributed by atoms with van der Waals surface area (Å²) in [5, 5.41) is 2.95. The van der Waals surface area contributed by atoms with Gasteiger partial charge in [-0.1, -0.05) is 30.3 Å². The van der Waals surface area contributed by atoms with Gasteiger partial charge in [0.15, 0.2) is 0 Å². The van der Waals surface area contributed by atoms with Crippen molar-refractivity contribution in [2.45, 2.75) is 13.3 Å². The SMILES string of the molecule is Cc1nc(N2CCN(C)CC2)ncc1C(=O)NCCc1ccccc1. The van der Waals surface area contributed by atoms with Crippen LogP contribution in [0, 0.1) is 6.92 Å². The van der Waals surface area contributed by atoms with Crippen LogP contribution in [0.4, 0.5) is 5.95 Å². The predicted octanol–water partition coefficient (Wildman–Crippen LogP) is 1.51. The first-order chi connectivity index (χ1) is 12.1. The molecule has 132 valence electrons. The van der Waals surface area contributed by atoms with E-state index in [9.17, 15) is 4.79 Å². The van der Waals surface area contributed by atoms with Crippen LogP contribution in [0.15, 0.2) is 36.5 Å². The Morgan fingerprint density at radius 1 is 1.16 bits per heavy atom. The second-order valence-corrected chi connectivity index (χ2v) is 6.45. The van der Waals surface area contributed by atoms with Crippen LogP contribution in [0.5, 0.6) is 0 Å². The van der Waals surface area contributed by atoms with Gasteiger partial charge >= 0.3 is 0 Å². The number of hydrogen-bond donors (Lipinski definition) is 1. The van der Waals surface area contributed by atoms with Crippen molar-refractivity contribution in [1.29, 1.82) is 0 Å². The molecule has 1 aliphatic rings. The Bertz CT molecular complexity index is 711. The standard InChI is InChI=1S/C19H25N5O/c1-15-17(18(25)20-9-8-16-6-4-3-5-7-16)14-21-19(22-15)24-12-10-23(2)11-13-24/h3-7,14H,8-13H2,1-2H3,(H,20,25). The average molecular weight is 339 g/mol. The summed E-state index contributed by atoms with van der Waals surface area (Å²) in [5.74, 6) is 0.602. The Morgan fingerprint density at radius 3 is 2.56 bits per heavy atom. The number of piperazine rings is 1. The van der Waals surface area contributed by atoms with Crippen molar-refractivity contribution in [1.82, 2.24) is 20.2 Å². The van der Waals surface area contributed by atoms with E-state index in [2.05, 4.69) is 44.3 Å². The molecule has 1 amide bonds. The zero-order valence-corrected chi connectivity index (χ0v) is 14.9. The summed E-state index contributed by atoms with van der Waals surface area (Å²) in [7, 11) is 2.12. The molecule has 0 aliphatic carbocycles. The van der Waals surface area contributed by atoms with E-state index < -0.39 is 0 Å². The summed E-state index contributed by atoms with van der Waals surface area (Å²) >= 11 is 0. The van der Waals surface area contributed by atoms with Crippen LogP contribution in [0.1, 0.15) is 21.6 Å². The van der Waals surface area contributed by atoms with Gasteiger partial charge in [-0.2, -0.15) is 0 Å². The van der Waals surface area contributed by atoms with Gasteiger partial charge in [-0.05, 0) is 26.0 Å². The van der Waals surface area contributed by atoms with Crippen LogP contribution in [0.25, 0.3) is 0 Å². The van der Waals surface area contributed by atoms with Gasteiger partial charge in [0, 0.05) is 38.9 Å². The minimum absolute atomic E-state index is 0.113. The van der Waals surface area contributed by atoms with Crippen LogP contribution >= 0.6 is 0 Å². The summed E-state index contributed by atoms with van der Waals surface area (Å²) in [6.07, 6.45) is 2.46. The number of aryl methyl sites for hydroxylation is 1. The summed E-state index contributed by atoms with van der Waals surface area (Å²) in [4.78, 5) is 25.8. The lowest BCUT2D eigenvalue weighted by atomic mass is 10.1. The molecule has 25 heavy (non-hydrogen) atoms. The Kier molecular flexibility index (Phi) is 5.60. The molecule has 3 rings (SSSR count). The highest BCUT2D eigenvalue weighted by Gasteiger charge is 2.18. The number of anilines is 1. The van der Waals surface area contributed by atoms with Crippen LogP contribution in [0.2, 0.25) is 0 Å². The number of amides is 1. The molecule has 6 nitrogen and oxygen atoms in total. The van der Waals surface area contributed by atoms with Crippen molar-refractivity contribution in [3.05, 3.63) is 53.3 Å². The second-order valence-electron chi connectivity index (χ2n) is 6.45. The Morgan fingerprint density at radius 2 is 1.88 bits per heavy atom. The fraction of sp³-hybridized carbons (Fsp3) is 0.421. The zero-order valence-electron chi connectivity index (χ0n) is 14.9. The van der Waals surface area contributed by atoms with Crippen LogP contribution < -0.4 is 10.2 Å². The molecule has 0 radical (unpaired) electrons. The maximum Gasteiger partial charge on any atom is 0.254 e. The molecule has 1 fully saturated rings. The molecule has 0 atom stereocenters. The molecule has 0 unspecified atom stereocenters. The average Bonchev–Trinajstić information content (AvgIpc) is 2.63. The molecule has 2 heterocycles. The summed E-state index contributed by atoms with van der Waals surface area (Å²) in [6, 6.07) is 10.1. The van der Waals surface area contributed by atoms with Gasteiger partial charge < -0.3 is 15.1 Å². The normalized spacial score (nSPS) is 15.2. The number of benzene rings is 1. The molecule has 0 bridgehead atoms. The van der Waals surface area contributed by atoms with E-state index in [0.29, 0.717) is 18.1 Å². The molecule has 2 aromatic rings. The van der Waals surface area contributed by atoms with E-state index in [1.807, 2.05) is 25.1 Å². The molecular weight excluding hydrogens is 314 g/mol. The number of hydrogen-bond acceptors (Lipinski definition) is 5. The van der Waals surface area contributed by atoms with Crippen molar-refractivity contribution in [2.75, 3.05) is 44.7 Å². The maximum absolute atomic E-state index is 12.4. The van der Waals surface area contributed by atoms with Gasteiger partial charge in [0.2, 0.25) is 5.95 Å². The predicted molar refractivity (Wildman–Crippen MR) is 99.0 cm³/mol.